The topological polar surface area (TPSA) is 21.3 Å². The fourth-order valence-electron chi connectivity index (χ4n) is 2.28. The third kappa shape index (κ3) is 3.34. The minimum Gasteiger partial charge on any atom is -0.497 e. The third-order valence-corrected chi connectivity index (χ3v) is 3.31. The SMILES string of the molecule is COc1cccc([C@H](C)NC2C=CCCC2)c1. The second kappa shape index (κ2) is 5.87. The molecule has 0 amide bonds. The maximum atomic E-state index is 5.25. The van der Waals surface area contributed by atoms with Gasteiger partial charge in [-0.05, 0) is 43.9 Å². The molecule has 1 aromatic carbocycles. The van der Waals surface area contributed by atoms with Crippen LogP contribution in [0.3, 0.4) is 0 Å². The Morgan fingerprint density at radius 2 is 2.29 bits per heavy atom. The Morgan fingerprint density at radius 1 is 1.41 bits per heavy atom. The Balaban J connectivity index is 2.00. The Bertz CT molecular complexity index is 386. The Kier molecular flexibility index (Phi) is 4.21. The standard InChI is InChI=1S/C15H21NO/c1-12(16-14-8-4-3-5-9-14)13-7-6-10-15(11-13)17-2/h4,6-8,10-12,14,16H,3,5,9H2,1-2H3/t12-,14?/m0/s1. The molecule has 1 N–H and O–H groups in total. The van der Waals surface area contributed by atoms with E-state index in [2.05, 4.69) is 36.5 Å². The summed E-state index contributed by atoms with van der Waals surface area (Å²) in [6, 6.07) is 9.15. The van der Waals surface area contributed by atoms with E-state index in [1.54, 1.807) is 7.11 Å². The van der Waals surface area contributed by atoms with Gasteiger partial charge in [0, 0.05) is 12.1 Å². The summed E-state index contributed by atoms with van der Waals surface area (Å²) in [6.07, 6.45) is 8.33. The normalized spacial score (nSPS) is 21.2. The van der Waals surface area contributed by atoms with Gasteiger partial charge in [0.15, 0.2) is 0 Å². The summed E-state index contributed by atoms with van der Waals surface area (Å²) >= 11 is 0. The van der Waals surface area contributed by atoms with Crippen molar-refractivity contribution in [3.8, 4) is 5.75 Å². The van der Waals surface area contributed by atoms with Crippen molar-refractivity contribution >= 4 is 0 Å². The van der Waals surface area contributed by atoms with Gasteiger partial charge in [0.2, 0.25) is 0 Å². The van der Waals surface area contributed by atoms with Crippen LogP contribution in [0.2, 0.25) is 0 Å². The summed E-state index contributed by atoms with van der Waals surface area (Å²) in [6.45, 7) is 2.21. The second-order valence-corrected chi connectivity index (χ2v) is 4.63. The summed E-state index contributed by atoms with van der Waals surface area (Å²) in [4.78, 5) is 0. The molecule has 0 aliphatic heterocycles. The number of hydrogen-bond acceptors (Lipinski definition) is 2. The van der Waals surface area contributed by atoms with Gasteiger partial charge in [0.05, 0.1) is 7.11 Å². The van der Waals surface area contributed by atoms with Crippen molar-refractivity contribution in [1.82, 2.24) is 5.32 Å². The van der Waals surface area contributed by atoms with Gasteiger partial charge in [-0.3, -0.25) is 0 Å². The lowest BCUT2D eigenvalue weighted by Crippen LogP contribution is -2.30. The molecule has 2 nitrogen and oxygen atoms in total. The van der Waals surface area contributed by atoms with Crippen LogP contribution in [0.25, 0.3) is 0 Å². The van der Waals surface area contributed by atoms with Gasteiger partial charge in [-0.25, -0.2) is 0 Å². The zero-order chi connectivity index (χ0) is 12.1. The maximum Gasteiger partial charge on any atom is 0.119 e. The highest BCUT2D eigenvalue weighted by molar-refractivity contribution is 5.30. The molecule has 0 aromatic heterocycles. The average Bonchev–Trinajstić information content (AvgIpc) is 2.40. The van der Waals surface area contributed by atoms with Crippen LogP contribution in [0.15, 0.2) is 36.4 Å². The minimum atomic E-state index is 0.359. The van der Waals surface area contributed by atoms with Crippen molar-refractivity contribution in [2.45, 2.75) is 38.3 Å². The molecule has 92 valence electrons. The van der Waals surface area contributed by atoms with Crippen LogP contribution < -0.4 is 10.1 Å². The first-order valence-corrected chi connectivity index (χ1v) is 6.36. The molecule has 2 rings (SSSR count). The molecule has 1 aliphatic rings. The van der Waals surface area contributed by atoms with E-state index in [1.807, 2.05) is 12.1 Å². The number of nitrogens with one attached hydrogen (secondary N) is 1. The van der Waals surface area contributed by atoms with Crippen LogP contribution in [0.5, 0.6) is 5.75 Å². The van der Waals surface area contributed by atoms with E-state index < -0.39 is 0 Å². The van der Waals surface area contributed by atoms with Crippen LogP contribution >= 0.6 is 0 Å². The van der Waals surface area contributed by atoms with Crippen LogP contribution in [-0.2, 0) is 0 Å². The molecule has 0 fully saturated rings. The lowest BCUT2D eigenvalue weighted by Gasteiger charge is -2.23. The van der Waals surface area contributed by atoms with E-state index in [1.165, 1.54) is 24.8 Å². The first kappa shape index (κ1) is 12.2. The fraction of sp³-hybridized carbons (Fsp3) is 0.467. The molecule has 2 atom stereocenters. The van der Waals surface area contributed by atoms with Crippen molar-refractivity contribution in [3.63, 3.8) is 0 Å². The highest BCUT2D eigenvalue weighted by Crippen LogP contribution is 2.21. The fourth-order valence-corrected chi connectivity index (χ4v) is 2.28. The summed E-state index contributed by atoms with van der Waals surface area (Å²) < 4.78 is 5.25. The van der Waals surface area contributed by atoms with Crippen LogP contribution in [0.4, 0.5) is 0 Å². The van der Waals surface area contributed by atoms with Gasteiger partial charge >= 0.3 is 0 Å². The lowest BCUT2D eigenvalue weighted by molar-refractivity contribution is 0.412. The Labute approximate surface area is 104 Å². The highest BCUT2D eigenvalue weighted by Gasteiger charge is 2.13. The van der Waals surface area contributed by atoms with Gasteiger partial charge in [0.25, 0.3) is 0 Å². The Morgan fingerprint density at radius 3 is 3.00 bits per heavy atom. The molecule has 17 heavy (non-hydrogen) atoms. The molecule has 1 aliphatic carbocycles. The van der Waals surface area contributed by atoms with E-state index >= 15 is 0 Å². The van der Waals surface area contributed by atoms with Gasteiger partial charge in [-0.15, -0.1) is 0 Å². The van der Waals surface area contributed by atoms with Gasteiger partial charge in [-0.2, -0.15) is 0 Å². The van der Waals surface area contributed by atoms with Crippen molar-refractivity contribution in [3.05, 3.63) is 42.0 Å². The molecule has 2 heteroatoms. The molecule has 1 aromatic rings. The first-order chi connectivity index (χ1) is 8.29. The number of ether oxygens (including phenoxy) is 1. The zero-order valence-corrected chi connectivity index (χ0v) is 10.6. The molecular weight excluding hydrogens is 210 g/mol. The van der Waals surface area contributed by atoms with Gasteiger partial charge < -0.3 is 10.1 Å². The molecule has 0 saturated carbocycles. The quantitative estimate of drug-likeness (QED) is 0.801. The number of benzene rings is 1. The predicted molar refractivity (Wildman–Crippen MR) is 71.3 cm³/mol. The second-order valence-electron chi connectivity index (χ2n) is 4.63. The minimum absolute atomic E-state index is 0.359. The monoisotopic (exact) mass is 231 g/mol. The van der Waals surface area contributed by atoms with Crippen LogP contribution in [0, 0.1) is 0 Å². The number of allylic oxidation sites excluding steroid dienone is 1. The molecule has 1 unspecified atom stereocenters. The summed E-state index contributed by atoms with van der Waals surface area (Å²) in [5.41, 5.74) is 1.28. The third-order valence-electron chi connectivity index (χ3n) is 3.31. The van der Waals surface area contributed by atoms with Crippen LogP contribution in [0.1, 0.15) is 37.8 Å². The predicted octanol–water partition coefficient (Wildman–Crippen LogP) is 3.45. The molecule has 0 heterocycles. The Hall–Kier alpha value is -1.28. The van der Waals surface area contributed by atoms with Gasteiger partial charge in [0.1, 0.15) is 5.75 Å². The lowest BCUT2D eigenvalue weighted by atomic mass is 10.0. The summed E-state index contributed by atoms with van der Waals surface area (Å²) in [5.74, 6) is 0.926. The number of rotatable bonds is 4. The van der Waals surface area contributed by atoms with E-state index in [0.29, 0.717) is 12.1 Å². The first-order valence-electron chi connectivity index (χ1n) is 6.36. The summed E-state index contributed by atoms with van der Waals surface area (Å²) in [5, 5.41) is 3.64. The maximum absolute atomic E-state index is 5.25. The number of hydrogen-bond donors (Lipinski definition) is 1. The van der Waals surface area contributed by atoms with Crippen molar-refractivity contribution in [2.75, 3.05) is 7.11 Å². The smallest absolute Gasteiger partial charge is 0.119 e. The van der Waals surface area contributed by atoms with Crippen molar-refractivity contribution in [2.24, 2.45) is 0 Å². The van der Waals surface area contributed by atoms with Crippen molar-refractivity contribution in [1.29, 1.82) is 0 Å². The average molecular weight is 231 g/mol. The van der Waals surface area contributed by atoms with Gasteiger partial charge in [-0.1, -0.05) is 24.3 Å². The van der Waals surface area contributed by atoms with E-state index in [4.69, 9.17) is 4.74 Å². The summed E-state index contributed by atoms with van der Waals surface area (Å²) in [7, 11) is 1.71. The largest absolute Gasteiger partial charge is 0.497 e. The number of methoxy groups -OCH3 is 1. The molecule has 0 radical (unpaired) electrons. The molecule has 0 spiro atoms. The molecule has 0 bridgehead atoms. The van der Waals surface area contributed by atoms with E-state index in [0.717, 1.165) is 5.75 Å². The molecule has 0 saturated heterocycles. The molecular formula is C15H21NO. The van der Waals surface area contributed by atoms with Crippen LogP contribution in [-0.4, -0.2) is 13.2 Å². The zero-order valence-electron chi connectivity index (χ0n) is 10.6. The van der Waals surface area contributed by atoms with Crippen molar-refractivity contribution < 1.29 is 4.74 Å². The highest BCUT2D eigenvalue weighted by atomic mass is 16.5. The van der Waals surface area contributed by atoms with E-state index in [9.17, 15) is 0 Å². The van der Waals surface area contributed by atoms with E-state index in [-0.39, 0.29) is 0 Å².